The summed E-state index contributed by atoms with van der Waals surface area (Å²) in [5.74, 6) is 1.05. The fourth-order valence-electron chi connectivity index (χ4n) is 3.16. The Balaban J connectivity index is 1.86. The number of ether oxygens (including phenoxy) is 1. The molecule has 124 valence electrons. The first-order valence-electron chi connectivity index (χ1n) is 8.17. The number of hydrogen-bond donors (Lipinski definition) is 0. The standard InChI is InChI=1S/C19H26N2OS/c1-14-5-8-19-16(9-14)10-21(12-18-7-6-15(2)23-18)17(13-22-19)11-20(3)4/h5-9,17H,10-13H2,1-4H3. The van der Waals surface area contributed by atoms with Crippen molar-refractivity contribution < 1.29 is 4.74 Å². The minimum atomic E-state index is 0.403. The van der Waals surface area contributed by atoms with Gasteiger partial charge in [-0.2, -0.15) is 0 Å². The third-order valence-corrected chi connectivity index (χ3v) is 5.25. The third kappa shape index (κ3) is 4.14. The Bertz CT molecular complexity index is 665. The largest absolute Gasteiger partial charge is 0.492 e. The average molecular weight is 330 g/mol. The molecule has 4 heteroatoms. The average Bonchev–Trinajstić information content (AvgIpc) is 2.81. The van der Waals surface area contributed by atoms with E-state index in [4.69, 9.17) is 4.74 Å². The van der Waals surface area contributed by atoms with Gasteiger partial charge in [-0.3, -0.25) is 4.90 Å². The van der Waals surface area contributed by atoms with Gasteiger partial charge in [-0.25, -0.2) is 0 Å². The number of fused-ring (bicyclic) bond motifs is 1. The van der Waals surface area contributed by atoms with E-state index in [1.807, 2.05) is 11.3 Å². The van der Waals surface area contributed by atoms with E-state index in [0.717, 1.165) is 32.0 Å². The van der Waals surface area contributed by atoms with Crippen molar-refractivity contribution in [2.24, 2.45) is 0 Å². The van der Waals surface area contributed by atoms with Crippen LogP contribution in [0.25, 0.3) is 0 Å². The molecular formula is C19H26N2OS. The highest BCUT2D eigenvalue weighted by Gasteiger charge is 2.25. The smallest absolute Gasteiger partial charge is 0.123 e. The van der Waals surface area contributed by atoms with Crippen LogP contribution < -0.4 is 4.74 Å². The Morgan fingerprint density at radius 3 is 2.74 bits per heavy atom. The zero-order valence-corrected chi connectivity index (χ0v) is 15.3. The molecule has 1 atom stereocenters. The molecule has 0 spiro atoms. The second-order valence-corrected chi connectivity index (χ2v) is 8.13. The van der Waals surface area contributed by atoms with E-state index >= 15 is 0 Å². The topological polar surface area (TPSA) is 15.7 Å². The molecule has 0 N–H and O–H groups in total. The first-order chi connectivity index (χ1) is 11.0. The van der Waals surface area contributed by atoms with Gasteiger partial charge in [0.25, 0.3) is 0 Å². The van der Waals surface area contributed by atoms with E-state index in [1.165, 1.54) is 20.9 Å². The van der Waals surface area contributed by atoms with Gasteiger partial charge in [0.2, 0.25) is 0 Å². The second kappa shape index (κ2) is 7.04. The molecule has 2 aromatic rings. The molecular weight excluding hydrogens is 304 g/mol. The van der Waals surface area contributed by atoms with Crippen LogP contribution in [0.1, 0.15) is 20.9 Å². The van der Waals surface area contributed by atoms with Crippen LogP contribution in [0.2, 0.25) is 0 Å². The lowest BCUT2D eigenvalue weighted by Crippen LogP contribution is -2.43. The summed E-state index contributed by atoms with van der Waals surface area (Å²) in [6.07, 6.45) is 0. The summed E-state index contributed by atoms with van der Waals surface area (Å²) in [5.41, 5.74) is 2.60. The molecule has 3 nitrogen and oxygen atoms in total. The van der Waals surface area contributed by atoms with E-state index in [0.29, 0.717) is 6.04 Å². The second-order valence-electron chi connectivity index (χ2n) is 6.76. The maximum Gasteiger partial charge on any atom is 0.123 e. The van der Waals surface area contributed by atoms with Gasteiger partial charge in [0, 0.05) is 35.0 Å². The fourth-order valence-corrected chi connectivity index (χ4v) is 4.07. The lowest BCUT2D eigenvalue weighted by Gasteiger charge is -2.30. The van der Waals surface area contributed by atoms with Crippen molar-refractivity contribution in [2.45, 2.75) is 33.0 Å². The molecule has 0 saturated carbocycles. The molecule has 1 aliphatic heterocycles. The highest BCUT2D eigenvalue weighted by atomic mass is 32.1. The first-order valence-corrected chi connectivity index (χ1v) is 8.99. The third-order valence-electron chi connectivity index (χ3n) is 4.27. The van der Waals surface area contributed by atoms with Crippen LogP contribution in [-0.4, -0.2) is 43.1 Å². The van der Waals surface area contributed by atoms with Gasteiger partial charge in [-0.1, -0.05) is 17.7 Å². The summed E-state index contributed by atoms with van der Waals surface area (Å²) < 4.78 is 6.13. The zero-order valence-electron chi connectivity index (χ0n) is 14.5. The van der Waals surface area contributed by atoms with Crippen molar-refractivity contribution in [1.82, 2.24) is 9.80 Å². The van der Waals surface area contributed by atoms with Gasteiger partial charge in [-0.05, 0) is 46.1 Å². The lowest BCUT2D eigenvalue weighted by molar-refractivity contribution is 0.114. The number of hydrogen-bond acceptors (Lipinski definition) is 4. The van der Waals surface area contributed by atoms with Crippen LogP contribution in [0.15, 0.2) is 30.3 Å². The molecule has 0 amide bonds. The molecule has 3 rings (SSSR count). The molecule has 2 heterocycles. The number of benzene rings is 1. The van der Waals surface area contributed by atoms with Crippen LogP contribution in [0, 0.1) is 13.8 Å². The first kappa shape index (κ1) is 16.5. The number of rotatable bonds is 4. The predicted octanol–water partition coefficient (Wildman–Crippen LogP) is 3.69. The molecule has 1 aromatic carbocycles. The fraction of sp³-hybridized carbons (Fsp3) is 0.474. The van der Waals surface area contributed by atoms with Gasteiger partial charge >= 0.3 is 0 Å². The SMILES string of the molecule is Cc1ccc2c(c1)CN(Cc1ccc(C)s1)C(CN(C)C)CO2. The minimum absolute atomic E-state index is 0.403. The maximum absolute atomic E-state index is 6.13. The molecule has 0 bridgehead atoms. The van der Waals surface area contributed by atoms with Crippen molar-refractivity contribution in [2.75, 3.05) is 27.2 Å². The van der Waals surface area contributed by atoms with Gasteiger partial charge < -0.3 is 9.64 Å². The summed E-state index contributed by atoms with van der Waals surface area (Å²) >= 11 is 1.90. The summed E-state index contributed by atoms with van der Waals surface area (Å²) in [5, 5.41) is 0. The summed E-state index contributed by atoms with van der Waals surface area (Å²) in [6, 6.07) is 11.4. The summed E-state index contributed by atoms with van der Waals surface area (Å²) in [6.45, 7) is 8.03. The van der Waals surface area contributed by atoms with E-state index < -0.39 is 0 Å². The summed E-state index contributed by atoms with van der Waals surface area (Å²) in [7, 11) is 4.27. The highest BCUT2D eigenvalue weighted by Crippen LogP contribution is 2.28. The Morgan fingerprint density at radius 2 is 2.04 bits per heavy atom. The van der Waals surface area contributed by atoms with Crippen molar-refractivity contribution >= 4 is 11.3 Å². The number of nitrogens with zero attached hydrogens (tertiary/aromatic N) is 2. The van der Waals surface area contributed by atoms with Gasteiger partial charge in [0.05, 0.1) is 6.04 Å². The maximum atomic E-state index is 6.13. The molecule has 0 aliphatic carbocycles. The van der Waals surface area contributed by atoms with Crippen LogP contribution in [0.3, 0.4) is 0 Å². The van der Waals surface area contributed by atoms with Crippen LogP contribution >= 0.6 is 11.3 Å². The molecule has 1 aromatic heterocycles. The predicted molar refractivity (Wildman–Crippen MR) is 97.3 cm³/mol. The van der Waals surface area contributed by atoms with Crippen molar-refractivity contribution in [1.29, 1.82) is 0 Å². The molecule has 0 fully saturated rings. The lowest BCUT2D eigenvalue weighted by atomic mass is 10.1. The molecule has 1 aliphatic rings. The minimum Gasteiger partial charge on any atom is -0.492 e. The monoisotopic (exact) mass is 330 g/mol. The zero-order chi connectivity index (χ0) is 16.4. The van der Waals surface area contributed by atoms with E-state index in [-0.39, 0.29) is 0 Å². The van der Waals surface area contributed by atoms with E-state index in [9.17, 15) is 0 Å². The Hall–Kier alpha value is -1.36. The summed E-state index contributed by atoms with van der Waals surface area (Å²) in [4.78, 5) is 7.63. The number of thiophene rings is 1. The molecule has 1 unspecified atom stereocenters. The number of likely N-dealkylation sites (N-methyl/N-ethyl adjacent to an activating group) is 1. The quantitative estimate of drug-likeness (QED) is 0.850. The highest BCUT2D eigenvalue weighted by molar-refractivity contribution is 7.11. The Kier molecular flexibility index (Phi) is 5.05. The molecule has 0 radical (unpaired) electrons. The van der Waals surface area contributed by atoms with Crippen molar-refractivity contribution in [3.05, 3.63) is 51.2 Å². The van der Waals surface area contributed by atoms with Gasteiger partial charge in [-0.15, -0.1) is 11.3 Å². The Labute approximate surface area is 143 Å². The molecule has 0 saturated heterocycles. The molecule has 23 heavy (non-hydrogen) atoms. The number of aryl methyl sites for hydroxylation is 2. The van der Waals surface area contributed by atoms with Crippen LogP contribution in [0.5, 0.6) is 5.75 Å². The normalized spacial score (nSPS) is 18.6. The van der Waals surface area contributed by atoms with Gasteiger partial charge in [0.1, 0.15) is 12.4 Å². The Morgan fingerprint density at radius 1 is 1.22 bits per heavy atom. The van der Waals surface area contributed by atoms with Crippen molar-refractivity contribution in [3.63, 3.8) is 0 Å². The van der Waals surface area contributed by atoms with Crippen LogP contribution in [-0.2, 0) is 13.1 Å². The van der Waals surface area contributed by atoms with Crippen LogP contribution in [0.4, 0.5) is 0 Å². The van der Waals surface area contributed by atoms with Crippen molar-refractivity contribution in [3.8, 4) is 5.75 Å². The van der Waals surface area contributed by atoms with E-state index in [1.54, 1.807) is 0 Å². The van der Waals surface area contributed by atoms with E-state index in [2.05, 4.69) is 68.1 Å². The van der Waals surface area contributed by atoms with Gasteiger partial charge in [0.15, 0.2) is 0 Å².